The summed E-state index contributed by atoms with van der Waals surface area (Å²) in [6.45, 7) is 4.49. The number of carbonyl (C=O) groups excluding carboxylic acids is 1. The molecule has 1 aromatic carbocycles. The lowest BCUT2D eigenvalue weighted by Crippen LogP contribution is -2.45. The number of rotatable bonds is 4. The molecule has 1 amide bonds. The number of anilines is 1. The van der Waals surface area contributed by atoms with E-state index in [1.165, 1.54) is 18.2 Å². The average Bonchev–Trinajstić information content (AvgIpc) is 2.96. The van der Waals surface area contributed by atoms with Gasteiger partial charge in [-0.3, -0.25) is 4.79 Å². The van der Waals surface area contributed by atoms with Crippen molar-refractivity contribution in [3.8, 4) is 0 Å². The first-order valence-electron chi connectivity index (χ1n) is 7.74. The molecule has 2 heterocycles. The third-order valence-electron chi connectivity index (χ3n) is 4.03. The van der Waals surface area contributed by atoms with E-state index in [0.29, 0.717) is 19.5 Å². The van der Waals surface area contributed by atoms with Crippen molar-refractivity contribution < 1.29 is 18.0 Å². The van der Waals surface area contributed by atoms with Crippen molar-refractivity contribution in [2.24, 2.45) is 0 Å². The SMILES string of the molecule is C=CC(=O)NC1CNc2c(Cc3ccc(C(F)(F)F)cc3)cnn2C1. The smallest absolute Gasteiger partial charge is 0.368 e. The van der Waals surface area contributed by atoms with E-state index in [4.69, 9.17) is 0 Å². The van der Waals surface area contributed by atoms with Crippen molar-refractivity contribution in [3.05, 3.63) is 59.8 Å². The first kappa shape index (κ1) is 17.1. The maximum atomic E-state index is 12.6. The van der Waals surface area contributed by atoms with Crippen LogP contribution < -0.4 is 10.6 Å². The number of alkyl halides is 3. The summed E-state index contributed by atoms with van der Waals surface area (Å²) in [5, 5.41) is 10.3. The van der Waals surface area contributed by atoms with Gasteiger partial charge in [0.1, 0.15) is 5.82 Å². The number of carbonyl (C=O) groups is 1. The van der Waals surface area contributed by atoms with E-state index in [2.05, 4.69) is 22.3 Å². The Balaban J connectivity index is 1.70. The molecular formula is C17H17F3N4O. The molecule has 0 saturated heterocycles. The lowest BCUT2D eigenvalue weighted by Gasteiger charge is -2.26. The van der Waals surface area contributed by atoms with Crippen LogP contribution in [0.5, 0.6) is 0 Å². The second-order valence-electron chi connectivity index (χ2n) is 5.86. The summed E-state index contributed by atoms with van der Waals surface area (Å²) in [5.41, 5.74) is 1.01. The Kier molecular flexibility index (Phi) is 4.52. The van der Waals surface area contributed by atoms with Crippen LogP contribution in [0.4, 0.5) is 19.0 Å². The molecule has 0 bridgehead atoms. The van der Waals surface area contributed by atoms with Gasteiger partial charge in [-0.25, -0.2) is 4.68 Å². The highest BCUT2D eigenvalue weighted by atomic mass is 19.4. The first-order valence-corrected chi connectivity index (χ1v) is 7.74. The van der Waals surface area contributed by atoms with E-state index in [1.54, 1.807) is 10.9 Å². The molecule has 0 radical (unpaired) electrons. The zero-order valence-electron chi connectivity index (χ0n) is 13.3. The van der Waals surface area contributed by atoms with Gasteiger partial charge in [0.05, 0.1) is 24.3 Å². The van der Waals surface area contributed by atoms with Crippen LogP contribution in [0, 0.1) is 0 Å². The number of nitrogens with one attached hydrogen (secondary N) is 2. The number of fused-ring (bicyclic) bond motifs is 1. The fourth-order valence-electron chi connectivity index (χ4n) is 2.78. The molecule has 1 aliphatic heterocycles. The van der Waals surface area contributed by atoms with Crippen LogP contribution >= 0.6 is 0 Å². The van der Waals surface area contributed by atoms with Crippen LogP contribution in [-0.4, -0.2) is 28.3 Å². The highest BCUT2D eigenvalue weighted by Crippen LogP contribution is 2.30. The van der Waals surface area contributed by atoms with Crippen molar-refractivity contribution in [1.82, 2.24) is 15.1 Å². The van der Waals surface area contributed by atoms with E-state index in [9.17, 15) is 18.0 Å². The number of benzene rings is 1. The molecule has 0 fully saturated rings. The molecule has 5 nitrogen and oxygen atoms in total. The minimum absolute atomic E-state index is 0.100. The van der Waals surface area contributed by atoms with E-state index in [-0.39, 0.29) is 11.9 Å². The summed E-state index contributed by atoms with van der Waals surface area (Å²) < 4.78 is 39.6. The van der Waals surface area contributed by atoms with Gasteiger partial charge < -0.3 is 10.6 Å². The minimum atomic E-state index is -4.33. The Hall–Kier alpha value is -2.77. The summed E-state index contributed by atoms with van der Waals surface area (Å²) in [4.78, 5) is 11.4. The van der Waals surface area contributed by atoms with Gasteiger partial charge in [0, 0.05) is 18.5 Å². The van der Waals surface area contributed by atoms with Crippen LogP contribution in [0.2, 0.25) is 0 Å². The van der Waals surface area contributed by atoms with Gasteiger partial charge in [-0.15, -0.1) is 0 Å². The topological polar surface area (TPSA) is 59.0 Å². The van der Waals surface area contributed by atoms with Crippen LogP contribution in [0.1, 0.15) is 16.7 Å². The van der Waals surface area contributed by atoms with Gasteiger partial charge in [-0.1, -0.05) is 18.7 Å². The predicted molar refractivity (Wildman–Crippen MR) is 87.1 cm³/mol. The van der Waals surface area contributed by atoms with Crippen molar-refractivity contribution in [1.29, 1.82) is 0 Å². The monoisotopic (exact) mass is 350 g/mol. The minimum Gasteiger partial charge on any atom is -0.368 e. The number of halogens is 3. The molecule has 0 spiro atoms. The normalized spacial score (nSPS) is 16.7. The molecule has 1 aromatic heterocycles. The molecule has 0 aliphatic carbocycles. The molecule has 132 valence electrons. The Morgan fingerprint density at radius 1 is 1.40 bits per heavy atom. The second kappa shape index (κ2) is 6.62. The summed E-state index contributed by atoms with van der Waals surface area (Å²) in [5.74, 6) is 0.580. The lowest BCUT2D eigenvalue weighted by atomic mass is 10.0. The Labute approximate surface area is 142 Å². The Morgan fingerprint density at radius 3 is 2.76 bits per heavy atom. The van der Waals surface area contributed by atoms with E-state index >= 15 is 0 Å². The van der Waals surface area contributed by atoms with Gasteiger partial charge in [0.15, 0.2) is 0 Å². The van der Waals surface area contributed by atoms with Crippen LogP contribution in [0.3, 0.4) is 0 Å². The molecule has 25 heavy (non-hydrogen) atoms. The molecule has 3 rings (SSSR count). The van der Waals surface area contributed by atoms with Gasteiger partial charge >= 0.3 is 6.18 Å². The molecular weight excluding hydrogens is 333 g/mol. The number of aromatic nitrogens is 2. The zero-order valence-corrected chi connectivity index (χ0v) is 13.3. The fraction of sp³-hybridized carbons (Fsp3) is 0.294. The number of hydrogen-bond donors (Lipinski definition) is 2. The number of nitrogens with zero attached hydrogens (tertiary/aromatic N) is 2. The third kappa shape index (κ3) is 3.84. The summed E-state index contributed by atoms with van der Waals surface area (Å²) in [6, 6.07) is 5.02. The first-order chi connectivity index (χ1) is 11.9. The Bertz CT molecular complexity index is 780. The summed E-state index contributed by atoms with van der Waals surface area (Å²) >= 11 is 0. The summed E-state index contributed by atoms with van der Waals surface area (Å²) in [6.07, 6.45) is -0.946. The fourth-order valence-corrected chi connectivity index (χ4v) is 2.78. The lowest BCUT2D eigenvalue weighted by molar-refractivity contribution is -0.137. The van der Waals surface area contributed by atoms with Gasteiger partial charge in [0.2, 0.25) is 5.91 Å². The molecule has 1 aliphatic rings. The molecule has 8 heteroatoms. The van der Waals surface area contributed by atoms with Crippen molar-refractivity contribution in [2.45, 2.75) is 25.2 Å². The summed E-state index contributed by atoms with van der Waals surface area (Å²) in [7, 11) is 0. The Morgan fingerprint density at radius 2 is 2.12 bits per heavy atom. The van der Waals surface area contributed by atoms with E-state index < -0.39 is 11.7 Å². The van der Waals surface area contributed by atoms with Crippen molar-refractivity contribution >= 4 is 11.7 Å². The maximum Gasteiger partial charge on any atom is 0.416 e. The predicted octanol–water partition coefficient (Wildman–Crippen LogP) is 2.59. The zero-order chi connectivity index (χ0) is 18.0. The van der Waals surface area contributed by atoms with E-state index in [0.717, 1.165) is 29.1 Å². The molecule has 1 atom stereocenters. The largest absolute Gasteiger partial charge is 0.416 e. The van der Waals surface area contributed by atoms with Crippen molar-refractivity contribution in [3.63, 3.8) is 0 Å². The maximum absolute atomic E-state index is 12.6. The van der Waals surface area contributed by atoms with Crippen molar-refractivity contribution in [2.75, 3.05) is 11.9 Å². The van der Waals surface area contributed by atoms with Gasteiger partial charge in [-0.05, 0) is 23.8 Å². The standard InChI is InChI=1S/C17H17F3N4O/c1-2-15(25)23-14-9-21-16-12(8-22-24(16)10-14)7-11-3-5-13(6-4-11)17(18,19)20/h2-6,8,14,21H,1,7,9-10H2,(H,23,25). The van der Waals surface area contributed by atoms with Crippen LogP contribution in [0.25, 0.3) is 0 Å². The molecule has 1 unspecified atom stereocenters. The molecule has 2 N–H and O–H groups in total. The van der Waals surface area contributed by atoms with Crippen LogP contribution in [-0.2, 0) is 23.9 Å². The number of hydrogen-bond acceptors (Lipinski definition) is 3. The molecule has 0 saturated carbocycles. The average molecular weight is 350 g/mol. The van der Waals surface area contributed by atoms with Gasteiger partial charge in [0.25, 0.3) is 0 Å². The highest BCUT2D eigenvalue weighted by molar-refractivity contribution is 5.87. The van der Waals surface area contributed by atoms with Gasteiger partial charge in [-0.2, -0.15) is 18.3 Å². The highest BCUT2D eigenvalue weighted by Gasteiger charge is 2.30. The second-order valence-corrected chi connectivity index (χ2v) is 5.86. The van der Waals surface area contributed by atoms with Crippen LogP contribution in [0.15, 0.2) is 43.1 Å². The molecule has 2 aromatic rings. The van der Waals surface area contributed by atoms with E-state index in [1.807, 2.05) is 0 Å². The quantitative estimate of drug-likeness (QED) is 0.834. The number of amides is 1. The third-order valence-corrected chi connectivity index (χ3v) is 4.03.